The number of rotatable bonds is 3. The number of hydrogen-bond donors (Lipinski definition) is 0. The predicted octanol–water partition coefficient (Wildman–Crippen LogP) is 3.35. The second kappa shape index (κ2) is 5.65. The van der Waals surface area contributed by atoms with Crippen LogP contribution in [0.4, 0.5) is 5.82 Å². The van der Waals surface area contributed by atoms with Crippen molar-refractivity contribution >= 4 is 21.7 Å². The van der Waals surface area contributed by atoms with E-state index in [4.69, 9.17) is 5.26 Å². The van der Waals surface area contributed by atoms with E-state index in [2.05, 4.69) is 33.0 Å². The van der Waals surface area contributed by atoms with Gasteiger partial charge in [-0.15, -0.1) is 0 Å². The van der Waals surface area contributed by atoms with Gasteiger partial charge < -0.3 is 4.90 Å². The van der Waals surface area contributed by atoms with Gasteiger partial charge in [-0.05, 0) is 23.8 Å². The Labute approximate surface area is 115 Å². The molecule has 0 atom stereocenters. The third-order valence-electron chi connectivity index (χ3n) is 2.63. The number of nitrogens with zero attached hydrogens (tertiary/aromatic N) is 3. The molecule has 0 bridgehead atoms. The maximum absolute atomic E-state index is 8.87. The van der Waals surface area contributed by atoms with Gasteiger partial charge in [-0.25, -0.2) is 4.98 Å². The number of pyridine rings is 1. The first kappa shape index (κ1) is 12.6. The molecule has 0 unspecified atom stereocenters. The Morgan fingerprint density at radius 3 is 2.83 bits per heavy atom. The van der Waals surface area contributed by atoms with Crippen molar-refractivity contribution in [1.82, 2.24) is 4.98 Å². The van der Waals surface area contributed by atoms with Gasteiger partial charge in [0.05, 0.1) is 11.6 Å². The summed E-state index contributed by atoms with van der Waals surface area (Å²) in [6, 6.07) is 13.7. The maximum Gasteiger partial charge on any atom is 0.129 e. The topological polar surface area (TPSA) is 39.9 Å². The summed E-state index contributed by atoms with van der Waals surface area (Å²) >= 11 is 3.53. The number of aromatic nitrogens is 1. The molecule has 90 valence electrons. The fourth-order valence-corrected chi connectivity index (χ4v) is 2.07. The van der Waals surface area contributed by atoms with Crippen LogP contribution < -0.4 is 4.90 Å². The lowest BCUT2D eigenvalue weighted by Gasteiger charge is -2.19. The first-order valence-corrected chi connectivity index (χ1v) is 6.30. The molecule has 0 fully saturated rings. The minimum Gasteiger partial charge on any atom is -0.355 e. The Morgan fingerprint density at radius 1 is 1.33 bits per heavy atom. The third-order valence-corrected chi connectivity index (χ3v) is 3.40. The Bertz CT molecular complexity index is 590. The molecule has 1 heterocycles. The summed E-state index contributed by atoms with van der Waals surface area (Å²) in [5.41, 5.74) is 1.81. The maximum atomic E-state index is 8.87. The highest BCUT2D eigenvalue weighted by Crippen LogP contribution is 2.20. The lowest BCUT2D eigenvalue weighted by molar-refractivity contribution is 0.893. The Morgan fingerprint density at radius 2 is 2.11 bits per heavy atom. The zero-order valence-electron chi connectivity index (χ0n) is 9.97. The first-order chi connectivity index (χ1) is 8.70. The second-order valence-corrected chi connectivity index (χ2v) is 4.82. The van der Waals surface area contributed by atoms with Gasteiger partial charge in [-0.1, -0.05) is 34.1 Å². The summed E-state index contributed by atoms with van der Waals surface area (Å²) in [5.74, 6) is 0.796. The lowest BCUT2D eigenvalue weighted by atomic mass is 10.2. The summed E-state index contributed by atoms with van der Waals surface area (Å²) in [6.45, 7) is 0.739. The van der Waals surface area contributed by atoms with Crippen LogP contribution in [0.15, 0.2) is 47.1 Å². The van der Waals surface area contributed by atoms with E-state index in [0.29, 0.717) is 5.56 Å². The zero-order chi connectivity index (χ0) is 13.0. The largest absolute Gasteiger partial charge is 0.355 e. The number of benzene rings is 1. The van der Waals surface area contributed by atoms with Crippen molar-refractivity contribution in [3.8, 4) is 6.07 Å². The fraction of sp³-hybridized carbons (Fsp3) is 0.143. The molecular weight excluding hydrogens is 290 g/mol. The molecule has 0 aliphatic heterocycles. The lowest BCUT2D eigenvalue weighted by Crippen LogP contribution is -2.17. The summed E-state index contributed by atoms with van der Waals surface area (Å²) < 4.78 is 1.08. The van der Waals surface area contributed by atoms with Crippen molar-refractivity contribution in [2.45, 2.75) is 6.54 Å². The van der Waals surface area contributed by atoms with Crippen molar-refractivity contribution in [3.05, 3.63) is 58.2 Å². The molecule has 2 rings (SSSR count). The van der Waals surface area contributed by atoms with E-state index >= 15 is 0 Å². The predicted molar refractivity (Wildman–Crippen MR) is 75.2 cm³/mol. The smallest absolute Gasteiger partial charge is 0.129 e. The molecule has 0 spiro atoms. The van der Waals surface area contributed by atoms with Crippen molar-refractivity contribution < 1.29 is 0 Å². The van der Waals surface area contributed by atoms with E-state index in [-0.39, 0.29) is 0 Å². The molecule has 0 aliphatic carbocycles. The first-order valence-electron chi connectivity index (χ1n) is 5.51. The van der Waals surface area contributed by atoms with Gasteiger partial charge in [0, 0.05) is 24.3 Å². The Balaban J connectivity index is 2.20. The van der Waals surface area contributed by atoms with E-state index in [9.17, 15) is 0 Å². The highest BCUT2D eigenvalue weighted by atomic mass is 79.9. The molecule has 18 heavy (non-hydrogen) atoms. The van der Waals surface area contributed by atoms with Crippen molar-refractivity contribution in [2.75, 3.05) is 11.9 Å². The van der Waals surface area contributed by atoms with Crippen LogP contribution in [0.2, 0.25) is 0 Å². The van der Waals surface area contributed by atoms with Crippen molar-refractivity contribution in [2.24, 2.45) is 0 Å². The summed E-state index contributed by atoms with van der Waals surface area (Å²) in [4.78, 5) is 6.29. The van der Waals surface area contributed by atoms with Crippen LogP contribution in [-0.4, -0.2) is 12.0 Å². The van der Waals surface area contributed by atoms with Gasteiger partial charge >= 0.3 is 0 Å². The van der Waals surface area contributed by atoms with Crippen LogP contribution in [0.5, 0.6) is 0 Å². The number of halogens is 1. The van der Waals surface area contributed by atoms with Crippen LogP contribution in [0.3, 0.4) is 0 Å². The SMILES string of the molecule is CN(Cc1ccccc1Br)c1cc(C#N)ccn1. The second-order valence-electron chi connectivity index (χ2n) is 3.96. The molecule has 0 radical (unpaired) electrons. The summed E-state index contributed by atoms with van der Waals surface area (Å²) in [6.07, 6.45) is 1.66. The number of anilines is 1. The molecule has 1 aromatic heterocycles. The molecule has 0 saturated carbocycles. The van der Waals surface area contributed by atoms with Gasteiger partial charge in [0.2, 0.25) is 0 Å². The minimum atomic E-state index is 0.624. The molecule has 4 heteroatoms. The van der Waals surface area contributed by atoms with Crippen LogP contribution in [0.25, 0.3) is 0 Å². The molecule has 2 aromatic rings. The van der Waals surface area contributed by atoms with E-state index in [1.807, 2.05) is 30.1 Å². The number of hydrogen-bond acceptors (Lipinski definition) is 3. The van der Waals surface area contributed by atoms with E-state index in [1.165, 1.54) is 5.56 Å². The van der Waals surface area contributed by atoms with Crippen LogP contribution in [0.1, 0.15) is 11.1 Å². The standard InChI is InChI=1S/C14H12BrN3/c1-18(10-12-4-2-3-5-13(12)15)14-8-11(9-16)6-7-17-14/h2-8H,10H2,1H3. The molecule has 3 nitrogen and oxygen atoms in total. The van der Waals surface area contributed by atoms with E-state index in [0.717, 1.165) is 16.8 Å². The van der Waals surface area contributed by atoms with Crippen LogP contribution in [-0.2, 0) is 6.54 Å². The summed E-state index contributed by atoms with van der Waals surface area (Å²) in [7, 11) is 1.96. The monoisotopic (exact) mass is 301 g/mol. The molecule has 1 aromatic carbocycles. The molecule has 0 aliphatic rings. The minimum absolute atomic E-state index is 0.624. The van der Waals surface area contributed by atoms with Crippen LogP contribution in [0, 0.1) is 11.3 Å². The van der Waals surface area contributed by atoms with Gasteiger partial charge in [0.15, 0.2) is 0 Å². The van der Waals surface area contributed by atoms with Crippen molar-refractivity contribution in [3.63, 3.8) is 0 Å². The molecule has 0 saturated heterocycles. The van der Waals surface area contributed by atoms with Gasteiger partial charge in [0.1, 0.15) is 5.82 Å². The van der Waals surface area contributed by atoms with Gasteiger partial charge in [-0.2, -0.15) is 5.26 Å². The fourth-order valence-electron chi connectivity index (χ4n) is 1.66. The molecule has 0 amide bonds. The van der Waals surface area contributed by atoms with E-state index < -0.39 is 0 Å². The Kier molecular flexibility index (Phi) is 3.96. The number of nitriles is 1. The summed E-state index contributed by atoms with van der Waals surface area (Å²) in [5, 5.41) is 8.87. The normalized spacial score (nSPS) is 9.83. The average Bonchev–Trinajstić information content (AvgIpc) is 2.41. The quantitative estimate of drug-likeness (QED) is 0.873. The van der Waals surface area contributed by atoms with Gasteiger partial charge in [0.25, 0.3) is 0 Å². The third kappa shape index (κ3) is 2.88. The molecule has 0 N–H and O–H groups in total. The van der Waals surface area contributed by atoms with Gasteiger partial charge in [-0.3, -0.25) is 0 Å². The highest BCUT2D eigenvalue weighted by molar-refractivity contribution is 9.10. The molecular formula is C14H12BrN3. The highest BCUT2D eigenvalue weighted by Gasteiger charge is 2.06. The average molecular weight is 302 g/mol. The van der Waals surface area contributed by atoms with E-state index in [1.54, 1.807) is 18.3 Å². The Hall–Kier alpha value is -1.86. The van der Waals surface area contributed by atoms with Crippen molar-refractivity contribution in [1.29, 1.82) is 5.26 Å². The van der Waals surface area contributed by atoms with Crippen LogP contribution >= 0.6 is 15.9 Å². The zero-order valence-corrected chi connectivity index (χ0v) is 11.6.